The molecule has 1 aliphatic carbocycles. The topological polar surface area (TPSA) is 53.5 Å². The minimum absolute atomic E-state index is 0.0947. The maximum atomic E-state index is 12.2. The summed E-state index contributed by atoms with van der Waals surface area (Å²) >= 11 is 1.68. The van der Waals surface area contributed by atoms with Crippen molar-refractivity contribution in [3.8, 4) is 0 Å². The molecule has 1 aromatic heterocycles. The normalized spacial score (nSPS) is 22.5. The Hall–Kier alpha value is -0.500. The Morgan fingerprint density at radius 3 is 2.60 bits per heavy atom. The van der Waals surface area contributed by atoms with Crippen LogP contribution in [0, 0.1) is 0 Å². The molecule has 112 valence electrons. The monoisotopic (exact) mass is 315 g/mol. The number of thiazole rings is 1. The SMILES string of the molecule is CN(C1CCN(Cc2cncs2)CC1)S(=O)(=O)C1CC1. The molecule has 0 spiro atoms. The van der Waals surface area contributed by atoms with Crippen molar-refractivity contribution in [2.24, 2.45) is 0 Å². The smallest absolute Gasteiger partial charge is 0.216 e. The van der Waals surface area contributed by atoms with E-state index in [1.54, 1.807) is 22.7 Å². The van der Waals surface area contributed by atoms with Gasteiger partial charge in [-0.2, -0.15) is 0 Å². The lowest BCUT2D eigenvalue weighted by atomic mass is 10.1. The second kappa shape index (κ2) is 5.71. The van der Waals surface area contributed by atoms with E-state index in [1.807, 2.05) is 11.7 Å². The van der Waals surface area contributed by atoms with E-state index in [4.69, 9.17) is 0 Å². The fraction of sp³-hybridized carbons (Fsp3) is 0.769. The van der Waals surface area contributed by atoms with Crippen LogP contribution in [0.5, 0.6) is 0 Å². The Labute approximate surface area is 124 Å². The standard InChI is InChI=1S/C13H21N3O2S2/c1-15(20(17,18)13-2-3-13)11-4-6-16(7-5-11)9-12-8-14-10-19-12/h8,10-11,13H,2-7,9H2,1H3. The Balaban J connectivity index is 1.53. The van der Waals surface area contributed by atoms with Crippen molar-refractivity contribution in [3.05, 3.63) is 16.6 Å². The average molecular weight is 315 g/mol. The van der Waals surface area contributed by atoms with Gasteiger partial charge in [0.2, 0.25) is 10.0 Å². The first-order valence-corrected chi connectivity index (χ1v) is 9.52. The van der Waals surface area contributed by atoms with Crippen molar-refractivity contribution < 1.29 is 8.42 Å². The van der Waals surface area contributed by atoms with Crippen molar-refractivity contribution in [3.63, 3.8) is 0 Å². The van der Waals surface area contributed by atoms with Gasteiger partial charge in [0.15, 0.2) is 0 Å². The van der Waals surface area contributed by atoms with Crippen molar-refractivity contribution in [1.82, 2.24) is 14.2 Å². The number of hydrogen-bond donors (Lipinski definition) is 0. The molecular weight excluding hydrogens is 294 g/mol. The molecule has 0 amide bonds. The summed E-state index contributed by atoms with van der Waals surface area (Å²) in [6.45, 7) is 2.87. The maximum Gasteiger partial charge on any atom is 0.216 e. The number of aromatic nitrogens is 1. The highest BCUT2D eigenvalue weighted by molar-refractivity contribution is 7.90. The first-order chi connectivity index (χ1) is 9.57. The van der Waals surface area contributed by atoms with Gasteiger partial charge in [0.05, 0.1) is 10.8 Å². The van der Waals surface area contributed by atoms with Crippen molar-refractivity contribution in [2.45, 2.75) is 43.5 Å². The van der Waals surface area contributed by atoms with Crippen LogP contribution in [0.15, 0.2) is 11.7 Å². The highest BCUT2D eigenvalue weighted by atomic mass is 32.2. The number of hydrogen-bond acceptors (Lipinski definition) is 5. The predicted molar refractivity (Wildman–Crippen MR) is 80.1 cm³/mol. The summed E-state index contributed by atoms with van der Waals surface area (Å²) in [5, 5.41) is -0.0947. The predicted octanol–water partition coefficient (Wildman–Crippen LogP) is 1.53. The first-order valence-electron chi connectivity index (χ1n) is 7.14. The number of piperidine rings is 1. The van der Waals surface area contributed by atoms with Gasteiger partial charge in [-0.15, -0.1) is 11.3 Å². The van der Waals surface area contributed by atoms with E-state index >= 15 is 0 Å². The molecule has 1 saturated heterocycles. The zero-order valence-corrected chi connectivity index (χ0v) is 13.4. The van der Waals surface area contributed by atoms with Crippen LogP contribution in [0.3, 0.4) is 0 Å². The van der Waals surface area contributed by atoms with Crippen molar-refractivity contribution in [2.75, 3.05) is 20.1 Å². The Kier molecular flexibility index (Phi) is 4.12. The molecule has 2 aliphatic rings. The third-order valence-electron chi connectivity index (χ3n) is 4.28. The second-order valence-electron chi connectivity index (χ2n) is 5.74. The Morgan fingerprint density at radius 1 is 1.35 bits per heavy atom. The molecule has 2 heterocycles. The highest BCUT2D eigenvalue weighted by Crippen LogP contribution is 2.32. The third kappa shape index (κ3) is 3.05. The molecule has 1 aromatic rings. The van der Waals surface area contributed by atoms with Crippen LogP contribution in [0.1, 0.15) is 30.6 Å². The number of rotatable bonds is 5. The summed E-state index contributed by atoms with van der Waals surface area (Å²) in [4.78, 5) is 7.76. The van der Waals surface area contributed by atoms with Gasteiger partial charge in [-0.25, -0.2) is 12.7 Å². The molecule has 5 nitrogen and oxygen atoms in total. The largest absolute Gasteiger partial charge is 0.298 e. The molecular formula is C13H21N3O2S2. The van der Waals surface area contributed by atoms with E-state index in [0.29, 0.717) is 0 Å². The molecule has 2 fully saturated rings. The van der Waals surface area contributed by atoms with Crippen molar-refractivity contribution >= 4 is 21.4 Å². The summed E-state index contributed by atoms with van der Waals surface area (Å²) in [5.41, 5.74) is 1.86. The van der Waals surface area contributed by atoms with Crippen LogP contribution in [0.2, 0.25) is 0 Å². The van der Waals surface area contributed by atoms with Gasteiger partial charge >= 0.3 is 0 Å². The first kappa shape index (κ1) is 14.4. The summed E-state index contributed by atoms with van der Waals surface area (Å²) in [5.74, 6) is 0. The lowest BCUT2D eigenvalue weighted by Crippen LogP contribution is -2.46. The van der Waals surface area contributed by atoms with Gasteiger partial charge in [0.1, 0.15) is 0 Å². The molecule has 1 saturated carbocycles. The zero-order chi connectivity index (χ0) is 14.2. The van der Waals surface area contributed by atoms with Gasteiger partial charge < -0.3 is 0 Å². The van der Waals surface area contributed by atoms with E-state index in [2.05, 4.69) is 9.88 Å². The summed E-state index contributed by atoms with van der Waals surface area (Å²) < 4.78 is 26.1. The average Bonchev–Trinajstić information content (AvgIpc) is 3.19. The van der Waals surface area contributed by atoms with Crippen LogP contribution in [-0.2, 0) is 16.6 Å². The van der Waals surface area contributed by atoms with Gasteiger partial charge in [0, 0.05) is 43.8 Å². The van der Waals surface area contributed by atoms with Crippen LogP contribution in [-0.4, -0.2) is 54.0 Å². The molecule has 3 rings (SSSR count). The lowest BCUT2D eigenvalue weighted by Gasteiger charge is -2.36. The van der Waals surface area contributed by atoms with Gasteiger partial charge in [-0.1, -0.05) is 0 Å². The maximum absolute atomic E-state index is 12.2. The molecule has 0 bridgehead atoms. The van der Waals surface area contributed by atoms with Crippen LogP contribution >= 0.6 is 11.3 Å². The van der Waals surface area contributed by atoms with Crippen molar-refractivity contribution in [1.29, 1.82) is 0 Å². The number of likely N-dealkylation sites (tertiary alicyclic amines) is 1. The quantitative estimate of drug-likeness (QED) is 0.827. The van der Waals surface area contributed by atoms with Gasteiger partial charge in [-0.05, 0) is 25.7 Å². The van der Waals surface area contributed by atoms with E-state index in [9.17, 15) is 8.42 Å². The third-order valence-corrected chi connectivity index (χ3v) is 7.46. The zero-order valence-electron chi connectivity index (χ0n) is 11.7. The molecule has 0 radical (unpaired) electrons. The van der Waals surface area contributed by atoms with Crippen LogP contribution < -0.4 is 0 Å². The van der Waals surface area contributed by atoms with E-state index < -0.39 is 10.0 Å². The minimum Gasteiger partial charge on any atom is -0.298 e. The van der Waals surface area contributed by atoms with Gasteiger partial charge in [-0.3, -0.25) is 9.88 Å². The lowest BCUT2D eigenvalue weighted by molar-refractivity contribution is 0.165. The Morgan fingerprint density at radius 2 is 2.05 bits per heavy atom. The molecule has 7 heteroatoms. The summed E-state index contributed by atoms with van der Waals surface area (Å²) in [7, 11) is -1.26. The van der Waals surface area contributed by atoms with E-state index in [1.165, 1.54) is 4.88 Å². The summed E-state index contributed by atoms with van der Waals surface area (Å²) in [6.07, 6.45) is 5.47. The fourth-order valence-electron chi connectivity index (χ4n) is 2.79. The molecule has 0 atom stereocenters. The minimum atomic E-state index is -3.03. The fourth-order valence-corrected chi connectivity index (χ4v) is 5.25. The molecule has 20 heavy (non-hydrogen) atoms. The summed E-state index contributed by atoms with van der Waals surface area (Å²) in [6, 6.07) is 0.179. The van der Waals surface area contributed by atoms with Crippen LogP contribution in [0.4, 0.5) is 0 Å². The molecule has 0 unspecified atom stereocenters. The highest BCUT2D eigenvalue weighted by Gasteiger charge is 2.41. The van der Waals surface area contributed by atoms with E-state index in [-0.39, 0.29) is 11.3 Å². The van der Waals surface area contributed by atoms with E-state index in [0.717, 1.165) is 45.3 Å². The second-order valence-corrected chi connectivity index (χ2v) is 8.98. The van der Waals surface area contributed by atoms with Crippen LogP contribution in [0.25, 0.3) is 0 Å². The molecule has 0 N–H and O–H groups in total. The Bertz CT molecular complexity index is 532. The molecule has 0 aromatic carbocycles. The molecule has 1 aliphatic heterocycles. The number of nitrogens with zero attached hydrogens (tertiary/aromatic N) is 3. The number of sulfonamides is 1. The van der Waals surface area contributed by atoms with Gasteiger partial charge in [0.25, 0.3) is 0 Å².